The van der Waals surface area contributed by atoms with E-state index < -0.39 is 18.2 Å². The van der Waals surface area contributed by atoms with Gasteiger partial charge in [0.05, 0.1) is 18.7 Å². The molecule has 0 aliphatic rings. The number of carbonyl (C=O) groups excluding carboxylic acids is 2. The molecule has 3 aromatic rings. The first-order chi connectivity index (χ1) is 16.8. The zero-order chi connectivity index (χ0) is 25.2. The standard InChI is InChI=1S/C25H28N6O4/c1-17-11-20(7-8-22(17)23-14-27-16-34-23)30-24(32)29-19-6-4-5-18(12-19)13-28-25(33)35-21(9-10-26)15-31(2)3/h4-8,11-12,14,16,21H,9,13,15H2,1-3H3,(H,28,33)(H2,29,30,32). The predicted octanol–water partition coefficient (Wildman–Crippen LogP) is 4.36. The van der Waals surface area contributed by atoms with Gasteiger partial charge in [0.25, 0.3) is 0 Å². The predicted molar refractivity (Wildman–Crippen MR) is 132 cm³/mol. The molecule has 3 rings (SSSR count). The normalized spacial score (nSPS) is 11.4. The van der Waals surface area contributed by atoms with Gasteiger partial charge in [-0.15, -0.1) is 0 Å². The van der Waals surface area contributed by atoms with Gasteiger partial charge in [0, 0.05) is 30.0 Å². The zero-order valence-electron chi connectivity index (χ0n) is 19.9. The highest BCUT2D eigenvalue weighted by molar-refractivity contribution is 6.00. The minimum absolute atomic E-state index is 0.114. The lowest BCUT2D eigenvalue weighted by Crippen LogP contribution is -2.34. The van der Waals surface area contributed by atoms with Crippen molar-refractivity contribution in [3.8, 4) is 17.4 Å². The lowest BCUT2D eigenvalue weighted by Gasteiger charge is -2.19. The Kier molecular flexibility index (Phi) is 8.81. The third-order valence-electron chi connectivity index (χ3n) is 4.97. The molecule has 1 aromatic heterocycles. The van der Waals surface area contributed by atoms with Crippen molar-refractivity contribution in [2.45, 2.75) is 26.0 Å². The van der Waals surface area contributed by atoms with Gasteiger partial charge in [0.2, 0.25) is 0 Å². The van der Waals surface area contributed by atoms with Gasteiger partial charge in [-0.2, -0.15) is 5.26 Å². The first kappa shape index (κ1) is 25.3. The lowest BCUT2D eigenvalue weighted by atomic mass is 10.1. The van der Waals surface area contributed by atoms with Gasteiger partial charge in [-0.05, 0) is 62.5 Å². The van der Waals surface area contributed by atoms with Crippen LogP contribution in [0.5, 0.6) is 0 Å². The Morgan fingerprint density at radius 1 is 1.17 bits per heavy atom. The molecule has 0 fully saturated rings. The number of anilines is 2. The van der Waals surface area contributed by atoms with Crippen LogP contribution in [0.4, 0.5) is 21.0 Å². The number of aromatic nitrogens is 1. The number of hydrogen-bond donors (Lipinski definition) is 3. The highest BCUT2D eigenvalue weighted by atomic mass is 16.6. The smallest absolute Gasteiger partial charge is 0.407 e. The van der Waals surface area contributed by atoms with Gasteiger partial charge < -0.3 is 30.0 Å². The summed E-state index contributed by atoms with van der Waals surface area (Å²) < 4.78 is 10.7. The van der Waals surface area contributed by atoms with E-state index in [2.05, 4.69) is 20.9 Å². The fourth-order valence-electron chi connectivity index (χ4n) is 3.44. The fraction of sp³-hybridized carbons (Fsp3) is 0.280. The van der Waals surface area contributed by atoms with Crippen LogP contribution in [0, 0.1) is 18.3 Å². The van der Waals surface area contributed by atoms with Gasteiger partial charge in [0.1, 0.15) is 6.10 Å². The van der Waals surface area contributed by atoms with Gasteiger partial charge in [-0.3, -0.25) is 0 Å². The highest BCUT2D eigenvalue weighted by Crippen LogP contribution is 2.25. The molecule has 10 nitrogen and oxygen atoms in total. The molecule has 10 heteroatoms. The van der Waals surface area contributed by atoms with Crippen LogP contribution >= 0.6 is 0 Å². The number of amides is 3. The largest absolute Gasteiger partial charge is 0.444 e. The number of likely N-dealkylation sites (N-methyl/N-ethyl adjacent to an activating group) is 1. The number of carbonyl (C=O) groups is 2. The summed E-state index contributed by atoms with van der Waals surface area (Å²) in [6.45, 7) is 2.59. The van der Waals surface area contributed by atoms with Crippen molar-refractivity contribution in [2.24, 2.45) is 0 Å². The maximum absolute atomic E-state index is 12.5. The molecule has 1 unspecified atom stereocenters. The summed E-state index contributed by atoms with van der Waals surface area (Å²) in [6.07, 6.45) is 2.01. The number of nitrogens with zero attached hydrogens (tertiary/aromatic N) is 3. The highest BCUT2D eigenvalue weighted by Gasteiger charge is 2.15. The van der Waals surface area contributed by atoms with Gasteiger partial charge in [0.15, 0.2) is 12.2 Å². The Morgan fingerprint density at radius 2 is 1.94 bits per heavy atom. The van der Waals surface area contributed by atoms with Crippen LogP contribution in [0.25, 0.3) is 11.3 Å². The summed E-state index contributed by atoms with van der Waals surface area (Å²) in [7, 11) is 3.68. The fourth-order valence-corrected chi connectivity index (χ4v) is 3.44. The molecule has 0 saturated carbocycles. The van der Waals surface area contributed by atoms with Crippen molar-refractivity contribution in [3.63, 3.8) is 0 Å². The molecule has 2 aromatic carbocycles. The Hall–Kier alpha value is -4.36. The van der Waals surface area contributed by atoms with Gasteiger partial charge >= 0.3 is 12.1 Å². The molecule has 1 heterocycles. The quantitative estimate of drug-likeness (QED) is 0.418. The molecule has 35 heavy (non-hydrogen) atoms. The number of aryl methyl sites for hydroxylation is 1. The summed E-state index contributed by atoms with van der Waals surface area (Å²) in [5.74, 6) is 0.658. The van der Waals surface area contributed by atoms with E-state index in [1.807, 2.05) is 50.2 Å². The molecule has 3 N–H and O–H groups in total. The number of nitrogens with one attached hydrogen (secondary N) is 3. The number of urea groups is 1. The Balaban J connectivity index is 1.52. The maximum atomic E-state index is 12.5. The number of hydrogen-bond acceptors (Lipinski definition) is 7. The summed E-state index contributed by atoms with van der Waals surface area (Å²) in [5.41, 5.74) is 3.81. The second-order valence-corrected chi connectivity index (χ2v) is 8.18. The first-order valence-corrected chi connectivity index (χ1v) is 11.0. The van der Waals surface area contributed by atoms with E-state index in [1.165, 1.54) is 6.39 Å². The van der Waals surface area contributed by atoms with Crippen molar-refractivity contribution in [1.29, 1.82) is 5.26 Å². The zero-order valence-corrected chi connectivity index (χ0v) is 19.9. The van der Waals surface area contributed by atoms with Crippen LogP contribution in [-0.2, 0) is 11.3 Å². The average molecular weight is 477 g/mol. The summed E-state index contributed by atoms with van der Waals surface area (Å²) >= 11 is 0. The molecule has 0 bridgehead atoms. The van der Waals surface area contributed by atoms with Crippen molar-refractivity contribution < 1.29 is 18.7 Å². The summed E-state index contributed by atoms with van der Waals surface area (Å²) in [4.78, 5) is 30.4. The molecular weight excluding hydrogens is 448 g/mol. The monoisotopic (exact) mass is 476 g/mol. The van der Waals surface area contributed by atoms with Crippen molar-refractivity contribution in [1.82, 2.24) is 15.2 Å². The first-order valence-electron chi connectivity index (χ1n) is 11.0. The minimum atomic E-state index is -0.604. The van der Waals surface area contributed by atoms with Crippen LogP contribution in [-0.4, -0.2) is 48.8 Å². The molecule has 0 saturated heterocycles. The number of oxazole rings is 1. The molecule has 0 aliphatic carbocycles. The molecular formula is C25H28N6O4. The van der Waals surface area contributed by atoms with Crippen molar-refractivity contribution >= 4 is 23.5 Å². The number of nitriles is 1. The van der Waals surface area contributed by atoms with Crippen LogP contribution in [0.15, 0.2) is 59.5 Å². The SMILES string of the molecule is Cc1cc(NC(=O)Nc2cccc(CNC(=O)OC(CC#N)CN(C)C)c2)ccc1-c1cnco1. The Labute approximate surface area is 203 Å². The maximum Gasteiger partial charge on any atom is 0.407 e. The molecule has 0 radical (unpaired) electrons. The van der Waals surface area contributed by atoms with E-state index >= 15 is 0 Å². The number of alkyl carbamates (subject to hydrolysis) is 1. The lowest BCUT2D eigenvalue weighted by molar-refractivity contribution is 0.0830. The Morgan fingerprint density at radius 3 is 2.60 bits per heavy atom. The van der Waals surface area contributed by atoms with E-state index in [0.717, 1.165) is 16.7 Å². The summed E-state index contributed by atoms with van der Waals surface area (Å²) in [5, 5.41) is 17.2. The second-order valence-electron chi connectivity index (χ2n) is 8.18. The molecule has 0 aliphatic heterocycles. The van der Waals surface area contributed by atoms with E-state index in [-0.39, 0.29) is 13.0 Å². The van der Waals surface area contributed by atoms with Gasteiger partial charge in [-0.25, -0.2) is 14.6 Å². The molecule has 1 atom stereocenters. The third-order valence-corrected chi connectivity index (χ3v) is 4.97. The van der Waals surface area contributed by atoms with E-state index in [0.29, 0.717) is 23.7 Å². The number of benzene rings is 2. The molecule has 0 spiro atoms. The average Bonchev–Trinajstić information content (AvgIpc) is 3.32. The van der Waals surface area contributed by atoms with E-state index in [9.17, 15) is 9.59 Å². The van der Waals surface area contributed by atoms with Crippen LogP contribution in [0.1, 0.15) is 17.5 Å². The van der Waals surface area contributed by atoms with Crippen molar-refractivity contribution in [3.05, 3.63) is 66.2 Å². The molecule has 182 valence electrons. The Bertz CT molecular complexity index is 1190. The summed E-state index contributed by atoms with van der Waals surface area (Å²) in [6, 6.07) is 14.2. The number of rotatable bonds is 9. The molecule has 3 amide bonds. The minimum Gasteiger partial charge on any atom is -0.444 e. The third kappa shape index (κ3) is 7.87. The van der Waals surface area contributed by atoms with Crippen molar-refractivity contribution in [2.75, 3.05) is 31.3 Å². The topological polar surface area (TPSA) is 133 Å². The van der Waals surface area contributed by atoms with E-state index in [1.54, 1.807) is 30.5 Å². The van der Waals surface area contributed by atoms with Crippen LogP contribution in [0.3, 0.4) is 0 Å². The van der Waals surface area contributed by atoms with E-state index in [4.69, 9.17) is 14.4 Å². The van der Waals surface area contributed by atoms with Gasteiger partial charge in [-0.1, -0.05) is 12.1 Å². The second kappa shape index (κ2) is 12.2. The number of ether oxygens (including phenoxy) is 1. The van der Waals surface area contributed by atoms with Crippen LogP contribution < -0.4 is 16.0 Å². The van der Waals surface area contributed by atoms with Crippen LogP contribution in [0.2, 0.25) is 0 Å².